The summed E-state index contributed by atoms with van der Waals surface area (Å²) >= 11 is 6.53. The molecule has 10 heavy (non-hydrogen) atoms. The fourth-order valence-electron chi connectivity index (χ4n) is 0.507. The van der Waals surface area contributed by atoms with Crippen LogP contribution in [-0.4, -0.2) is 10.1 Å². The first kappa shape index (κ1) is 7.78. The van der Waals surface area contributed by atoms with Crippen molar-refractivity contribution >= 4 is 45.8 Å². The van der Waals surface area contributed by atoms with Crippen LogP contribution < -0.4 is 0 Å². The number of pyridine rings is 1. The van der Waals surface area contributed by atoms with Crippen LogP contribution in [0.3, 0.4) is 0 Å². The molecule has 0 spiro atoms. The van der Waals surface area contributed by atoms with Gasteiger partial charge in [0.15, 0.2) is 5.82 Å². The molecule has 0 radical (unpaired) electrons. The molecule has 0 amide bonds. The molecule has 0 aliphatic carbocycles. The van der Waals surface area contributed by atoms with E-state index in [4.69, 9.17) is 0 Å². The van der Waals surface area contributed by atoms with Gasteiger partial charge in [-0.05, 0) is 46.9 Å². The molecular formula is C6H3IN2S. The highest BCUT2D eigenvalue weighted by Crippen LogP contribution is 2.08. The molecule has 50 valence electrons. The molecule has 0 saturated carbocycles. The molecule has 4 heteroatoms. The van der Waals surface area contributed by atoms with E-state index in [2.05, 4.69) is 49.9 Å². The SMILES string of the molecule is S=C=Nc1cccc(I)n1. The van der Waals surface area contributed by atoms with Crippen molar-refractivity contribution in [2.24, 2.45) is 4.99 Å². The van der Waals surface area contributed by atoms with Gasteiger partial charge in [-0.25, -0.2) is 4.98 Å². The molecule has 0 fully saturated rings. The first-order valence-corrected chi connectivity index (χ1v) is 4.02. The maximum Gasteiger partial charge on any atom is 0.163 e. The number of aromatic nitrogens is 1. The lowest BCUT2D eigenvalue weighted by molar-refractivity contribution is 1.24. The predicted molar refractivity (Wildman–Crippen MR) is 51.6 cm³/mol. The van der Waals surface area contributed by atoms with Crippen LogP contribution in [0, 0.1) is 3.70 Å². The van der Waals surface area contributed by atoms with Crippen LogP contribution in [0.25, 0.3) is 0 Å². The Morgan fingerprint density at radius 2 is 2.40 bits per heavy atom. The number of rotatable bonds is 1. The average Bonchev–Trinajstić information content (AvgIpc) is 1.88. The van der Waals surface area contributed by atoms with Gasteiger partial charge in [-0.2, -0.15) is 4.99 Å². The third-order valence-electron chi connectivity index (χ3n) is 0.861. The zero-order valence-electron chi connectivity index (χ0n) is 4.91. The normalized spacial score (nSPS) is 8.50. The molecule has 0 unspecified atom stereocenters. The Hall–Kier alpha value is -0.320. The number of nitrogens with zero attached hydrogens (tertiary/aromatic N) is 2. The van der Waals surface area contributed by atoms with Crippen LogP contribution in [0.1, 0.15) is 0 Å². The predicted octanol–water partition coefficient (Wildman–Crippen LogP) is 2.42. The van der Waals surface area contributed by atoms with E-state index in [0.717, 1.165) is 3.70 Å². The van der Waals surface area contributed by atoms with Crippen molar-refractivity contribution in [1.82, 2.24) is 4.98 Å². The number of isothiocyanates is 1. The second kappa shape index (κ2) is 3.75. The van der Waals surface area contributed by atoms with Crippen molar-refractivity contribution in [3.63, 3.8) is 0 Å². The smallest absolute Gasteiger partial charge is 0.163 e. The zero-order chi connectivity index (χ0) is 7.40. The Morgan fingerprint density at radius 3 is 3.00 bits per heavy atom. The van der Waals surface area contributed by atoms with E-state index < -0.39 is 0 Å². The number of hydrogen-bond donors (Lipinski definition) is 0. The highest BCUT2D eigenvalue weighted by molar-refractivity contribution is 14.1. The lowest BCUT2D eigenvalue weighted by Gasteiger charge is -1.88. The van der Waals surface area contributed by atoms with Crippen LogP contribution in [0.5, 0.6) is 0 Å². The van der Waals surface area contributed by atoms with Crippen molar-refractivity contribution in [3.8, 4) is 0 Å². The lowest BCUT2D eigenvalue weighted by Crippen LogP contribution is -1.76. The molecule has 1 heterocycles. The maximum atomic E-state index is 4.42. The molecule has 0 saturated heterocycles. The second-order valence-corrected chi connectivity index (χ2v) is 2.81. The van der Waals surface area contributed by atoms with Crippen molar-refractivity contribution in [3.05, 3.63) is 21.9 Å². The Kier molecular flexibility index (Phi) is 2.92. The van der Waals surface area contributed by atoms with Gasteiger partial charge in [0, 0.05) is 0 Å². The highest BCUT2D eigenvalue weighted by Gasteiger charge is 1.88. The molecule has 1 aromatic heterocycles. The van der Waals surface area contributed by atoms with Gasteiger partial charge in [0.1, 0.15) is 3.70 Å². The molecule has 2 nitrogen and oxygen atoms in total. The molecule has 0 atom stereocenters. The third kappa shape index (κ3) is 2.13. The molecule has 0 aliphatic heterocycles. The monoisotopic (exact) mass is 262 g/mol. The summed E-state index contributed by atoms with van der Waals surface area (Å²) in [6.45, 7) is 0. The summed E-state index contributed by atoms with van der Waals surface area (Å²) in [7, 11) is 0. The summed E-state index contributed by atoms with van der Waals surface area (Å²) in [4.78, 5) is 7.77. The van der Waals surface area contributed by atoms with E-state index in [9.17, 15) is 0 Å². The Balaban J connectivity index is 3.06. The zero-order valence-corrected chi connectivity index (χ0v) is 7.89. The topological polar surface area (TPSA) is 25.2 Å². The van der Waals surface area contributed by atoms with E-state index >= 15 is 0 Å². The van der Waals surface area contributed by atoms with E-state index in [-0.39, 0.29) is 0 Å². The molecule has 0 aromatic carbocycles. The Morgan fingerprint density at radius 1 is 1.60 bits per heavy atom. The highest BCUT2D eigenvalue weighted by atomic mass is 127. The Bertz CT molecular complexity index is 281. The number of aliphatic imine (C=N–C) groups is 1. The molecule has 1 aromatic rings. The van der Waals surface area contributed by atoms with Crippen molar-refractivity contribution in [1.29, 1.82) is 0 Å². The van der Waals surface area contributed by atoms with Gasteiger partial charge in [-0.15, -0.1) is 0 Å². The van der Waals surface area contributed by atoms with Gasteiger partial charge in [-0.3, -0.25) is 0 Å². The molecule has 0 N–H and O–H groups in total. The molecule has 0 aliphatic rings. The van der Waals surface area contributed by atoms with Crippen LogP contribution in [0.4, 0.5) is 5.82 Å². The van der Waals surface area contributed by atoms with E-state index in [1.54, 1.807) is 6.07 Å². The van der Waals surface area contributed by atoms with Gasteiger partial charge >= 0.3 is 0 Å². The number of halogens is 1. The van der Waals surface area contributed by atoms with Crippen LogP contribution >= 0.6 is 34.8 Å². The first-order chi connectivity index (χ1) is 4.83. The van der Waals surface area contributed by atoms with E-state index in [1.807, 2.05) is 12.1 Å². The fourth-order valence-corrected chi connectivity index (χ4v) is 1.05. The summed E-state index contributed by atoms with van der Waals surface area (Å²) < 4.78 is 0.907. The standard InChI is InChI=1S/C6H3IN2S/c7-5-2-1-3-6(9-5)8-4-10/h1-3H. The number of hydrogen-bond acceptors (Lipinski definition) is 3. The summed E-state index contributed by atoms with van der Waals surface area (Å²) in [6.07, 6.45) is 0. The minimum absolute atomic E-state index is 0.613. The fraction of sp³-hybridized carbons (Fsp3) is 0. The van der Waals surface area contributed by atoms with Crippen LogP contribution in [-0.2, 0) is 0 Å². The number of thiocarbonyl (C=S) groups is 1. The quantitative estimate of drug-likeness (QED) is 0.336. The van der Waals surface area contributed by atoms with Crippen molar-refractivity contribution < 1.29 is 0 Å². The van der Waals surface area contributed by atoms with E-state index in [1.165, 1.54) is 0 Å². The lowest BCUT2D eigenvalue weighted by atomic mass is 10.5. The van der Waals surface area contributed by atoms with Gasteiger partial charge in [-0.1, -0.05) is 6.07 Å². The van der Waals surface area contributed by atoms with Gasteiger partial charge < -0.3 is 0 Å². The second-order valence-electron chi connectivity index (χ2n) is 1.52. The molecule has 1 rings (SSSR count). The van der Waals surface area contributed by atoms with E-state index in [0.29, 0.717) is 5.82 Å². The minimum Gasteiger partial charge on any atom is -0.222 e. The van der Waals surface area contributed by atoms with Crippen molar-refractivity contribution in [2.45, 2.75) is 0 Å². The molecular weight excluding hydrogens is 259 g/mol. The van der Waals surface area contributed by atoms with Gasteiger partial charge in [0.25, 0.3) is 0 Å². The summed E-state index contributed by atoms with van der Waals surface area (Å²) in [5.41, 5.74) is 0. The van der Waals surface area contributed by atoms with Crippen molar-refractivity contribution in [2.75, 3.05) is 0 Å². The first-order valence-electron chi connectivity index (χ1n) is 2.53. The summed E-state index contributed by atoms with van der Waals surface area (Å²) in [5, 5.41) is 2.25. The van der Waals surface area contributed by atoms with Crippen LogP contribution in [0.15, 0.2) is 23.2 Å². The largest absolute Gasteiger partial charge is 0.222 e. The summed E-state index contributed by atoms with van der Waals surface area (Å²) in [5.74, 6) is 0.613. The average molecular weight is 262 g/mol. The van der Waals surface area contributed by atoms with Gasteiger partial charge in [0.2, 0.25) is 0 Å². The van der Waals surface area contributed by atoms with Gasteiger partial charge in [0.05, 0.1) is 5.16 Å². The molecule has 0 bridgehead atoms. The van der Waals surface area contributed by atoms with Crippen LogP contribution in [0.2, 0.25) is 0 Å². The minimum atomic E-state index is 0.613. The maximum absolute atomic E-state index is 4.42. The Labute approximate surface area is 77.5 Å². The summed E-state index contributed by atoms with van der Waals surface area (Å²) in [6, 6.07) is 5.55. The third-order valence-corrected chi connectivity index (χ3v) is 1.55.